The van der Waals surface area contributed by atoms with Crippen LogP contribution in [0.4, 0.5) is 0 Å². The van der Waals surface area contributed by atoms with Crippen LogP contribution in [-0.2, 0) is 42.7 Å². The minimum absolute atomic E-state index is 0. The third-order valence-electron chi connectivity index (χ3n) is 16.6. The number of rotatable bonds is 11. The summed E-state index contributed by atoms with van der Waals surface area (Å²) >= 11 is 0. The fourth-order valence-electron chi connectivity index (χ4n) is 12.2. The zero-order valence-electron chi connectivity index (χ0n) is 73.5. The summed E-state index contributed by atoms with van der Waals surface area (Å²) in [4.78, 5) is 5.00. The maximum absolute atomic E-state index is 10.5. The Morgan fingerprint density at radius 1 is 0.562 bits per heavy atom. The Bertz CT molecular complexity index is 5810. The molecule has 0 fully saturated rings. The van der Waals surface area contributed by atoms with Crippen molar-refractivity contribution in [3.8, 4) is 50.9 Å². The first-order valence-corrected chi connectivity index (χ1v) is 31.0. The van der Waals surface area contributed by atoms with Crippen molar-refractivity contribution in [2.45, 2.75) is 103 Å². The minimum atomic E-state index is -4.65. The Morgan fingerprint density at radius 3 is 1.83 bits per heavy atom. The molecule has 0 bridgehead atoms. The van der Waals surface area contributed by atoms with E-state index in [0.717, 1.165) is 27.0 Å². The smallest absolute Gasteiger partial charge is 0.268 e. The van der Waals surface area contributed by atoms with Crippen molar-refractivity contribution in [3.05, 3.63) is 283 Å². The standard InChI is InChI=1S/C82H74N4OSi.Pt/c1-79(2,3)58-44-47-83-77(51-58)86-73-43-40-66(88(63-30-17-12-18-31-63,64-32-19-13-20-33-64)65-34-21-14-22-35-65)54-70(73)67-41-39-62(53-76(67)86)87-61-29-25-28-60(52-61)84-55-85(75-37-24-23-36-74(75)84)78-68(56-26-15-11-16-27-56)49-59(80(4,5)6)50-69(78)57-38-42-71-72(48-57)82(9,10)46-45-81(71,7)8;/h11-44,47-51,54H,45-46H2,1-10H3;/q-2;/i7D3,8D3,9D3,10D3,11D,15D,16D,26D,27D,38D,42D,45D2,46D2,48D;. The number of imidazole rings is 1. The normalized spacial score (nSPS) is 19.6. The van der Waals surface area contributed by atoms with E-state index in [4.69, 9.17) is 30.3 Å². The number of benzene rings is 10. The van der Waals surface area contributed by atoms with Gasteiger partial charge in [-0.15, -0.1) is 29.7 Å². The van der Waals surface area contributed by atoms with Crippen molar-refractivity contribution in [2.24, 2.45) is 0 Å². The van der Waals surface area contributed by atoms with Crippen molar-refractivity contribution in [1.82, 2.24) is 14.1 Å². The summed E-state index contributed by atoms with van der Waals surface area (Å²) in [6.45, 7) is -5.92. The quantitative estimate of drug-likeness (QED) is 0.0560. The Hall–Kier alpha value is -8.67. The number of nitrogens with zero attached hydrogens (tertiary/aromatic N) is 4. The largest absolute Gasteiger partial charge is 0.510 e. The van der Waals surface area contributed by atoms with Crippen LogP contribution >= 0.6 is 0 Å². The summed E-state index contributed by atoms with van der Waals surface area (Å²) in [6, 6.07) is 59.4. The molecule has 5 nitrogen and oxygen atoms in total. The molecule has 0 N–H and O–H groups in total. The fraction of sp³-hybridized carbons (Fsp3) is 0.195. The molecule has 7 heteroatoms. The van der Waals surface area contributed by atoms with Gasteiger partial charge in [-0.05, 0) is 129 Å². The molecule has 10 aromatic carbocycles. The number of aromatic nitrogens is 4. The van der Waals surface area contributed by atoms with E-state index < -0.39 is 141 Å². The number of ether oxygens (including phenoxy) is 1. The Kier molecular flexibility index (Phi) is 9.54. The molecule has 0 atom stereocenters. The minimum Gasteiger partial charge on any atom is -0.510 e. The van der Waals surface area contributed by atoms with E-state index >= 15 is 0 Å². The maximum Gasteiger partial charge on any atom is 0.268 e. The summed E-state index contributed by atoms with van der Waals surface area (Å²) in [5.41, 5.74) is -12.8. The van der Waals surface area contributed by atoms with E-state index in [0.29, 0.717) is 16.9 Å². The molecule has 13 aromatic rings. The van der Waals surface area contributed by atoms with Crippen LogP contribution in [0.25, 0.3) is 72.3 Å². The van der Waals surface area contributed by atoms with Crippen LogP contribution in [0, 0.1) is 18.5 Å². The van der Waals surface area contributed by atoms with Gasteiger partial charge < -0.3 is 13.9 Å². The van der Waals surface area contributed by atoms with Crippen LogP contribution in [0.5, 0.6) is 11.5 Å². The van der Waals surface area contributed by atoms with Crippen LogP contribution in [0.2, 0.25) is 0 Å². The van der Waals surface area contributed by atoms with Gasteiger partial charge in [0.25, 0.3) is 6.33 Å². The van der Waals surface area contributed by atoms with Crippen LogP contribution in [0.1, 0.15) is 137 Å². The molecule has 3 aromatic heterocycles. The molecule has 0 amide bonds. The third kappa shape index (κ3) is 10.5. The van der Waals surface area contributed by atoms with E-state index in [1.54, 1.807) is 69.4 Å². The molecule has 1 aliphatic carbocycles. The van der Waals surface area contributed by atoms with Gasteiger partial charge in [-0.3, -0.25) is 4.57 Å². The average molecular weight is 1380 g/mol. The van der Waals surface area contributed by atoms with Crippen LogP contribution < -0.4 is 30.1 Å². The first kappa shape index (κ1) is 37.4. The van der Waals surface area contributed by atoms with E-state index in [2.05, 4.69) is 141 Å². The Labute approximate surface area is 574 Å². The summed E-state index contributed by atoms with van der Waals surface area (Å²) in [7, 11) is -3.06. The van der Waals surface area contributed by atoms with Gasteiger partial charge >= 0.3 is 0 Å². The van der Waals surface area contributed by atoms with E-state index in [1.165, 1.54) is 36.8 Å². The number of fused-ring (bicyclic) bond motifs is 5. The molecule has 14 rings (SSSR count). The van der Waals surface area contributed by atoms with Crippen LogP contribution in [0.15, 0.2) is 243 Å². The van der Waals surface area contributed by atoms with Gasteiger partial charge in [-0.25, -0.2) is 4.98 Å². The second-order valence-corrected chi connectivity index (χ2v) is 28.1. The second kappa shape index (κ2) is 22.7. The second-order valence-electron chi connectivity index (χ2n) is 24.3. The van der Waals surface area contributed by atoms with E-state index in [1.807, 2.05) is 36.4 Å². The zero-order chi connectivity index (χ0) is 81.3. The molecule has 0 spiro atoms. The number of pyridine rings is 1. The number of hydrogen-bond acceptors (Lipinski definition) is 2. The summed E-state index contributed by atoms with van der Waals surface area (Å²) in [5, 5.41) is 6.49. The zero-order valence-corrected chi connectivity index (χ0v) is 52.8. The van der Waals surface area contributed by atoms with Crippen LogP contribution in [-0.4, -0.2) is 22.2 Å². The molecule has 0 radical (unpaired) electrons. The fourth-order valence-corrected chi connectivity index (χ4v) is 16.9. The SMILES string of the molecule is [2H]c1c([2H])c([2H])c(-c2cc(C(C)(C)C)cc(-c3c([2H])c([2H])c4c(c3[2H])C(C([2H])([2H])[2H])(C([2H])([2H])[2H])C([2H])([2H])C([2H])([2H])C4(C([2H])([2H])[2H])C([2H])([2H])[2H])c2-[n+]2[c-]n(-c3[c-]c(Oc4[c-]c5c(cc4)c4cc([Si](c6ccccc6)(c6ccccc6)c6ccccc6)ccc4n5-c4cc(C(C)(C)C)ccn4)ccc3)c3ccccc32)c([2H])c1[2H].[Pt]. The monoisotopic (exact) mass is 1380 g/mol. The van der Waals surface area contributed by atoms with Gasteiger partial charge in [0.2, 0.25) is 0 Å². The number of hydrogen-bond donors (Lipinski definition) is 0. The molecular weight excluding hydrogens is 1280 g/mol. The van der Waals surface area contributed by atoms with Gasteiger partial charge in [-0.1, -0.05) is 262 Å². The van der Waals surface area contributed by atoms with Gasteiger partial charge in [0.1, 0.15) is 5.82 Å². The predicted octanol–water partition coefficient (Wildman–Crippen LogP) is 17.2. The van der Waals surface area contributed by atoms with Crippen LogP contribution in [0.3, 0.4) is 0 Å². The van der Waals surface area contributed by atoms with Gasteiger partial charge in [0, 0.05) is 66.2 Å². The summed E-state index contributed by atoms with van der Waals surface area (Å²) in [6.07, 6.45) is -4.14. The van der Waals surface area contributed by atoms with Gasteiger partial charge in [-0.2, -0.15) is 18.2 Å². The van der Waals surface area contributed by atoms with E-state index in [9.17, 15) is 12.3 Å². The molecule has 1 aliphatic rings. The predicted molar refractivity (Wildman–Crippen MR) is 367 cm³/mol. The maximum atomic E-state index is 10.5. The first-order valence-electron chi connectivity index (χ1n) is 41.0. The third-order valence-corrected chi connectivity index (χ3v) is 21.3. The Morgan fingerprint density at radius 2 is 1.18 bits per heavy atom. The first-order chi connectivity index (χ1) is 52.2. The van der Waals surface area contributed by atoms with Crippen molar-refractivity contribution in [3.63, 3.8) is 0 Å². The topological polar surface area (TPSA) is 35.9 Å². The Balaban J connectivity index is 0.0000112. The molecule has 0 saturated carbocycles. The van der Waals surface area contributed by atoms with Gasteiger partial charge in [0.05, 0.1) is 27.7 Å². The van der Waals surface area contributed by atoms with Gasteiger partial charge in [0.15, 0.2) is 8.07 Å². The van der Waals surface area contributed by atoms with Crippen molar-refractivity contribution < 1.29 is 63.3 Å². The summed E-state index contributed by atoms with van der Waals surface area (Å²) < 4.78 is 235. The average Bonchev–Trinajstić information content (AvgIpc) is 0.929. The molecule has 89 heavy (non-hydrogen) atoms. The molecule has 0 unspecified atom stereocenters. The molecular formula is C82H74N4OPtSi-2. The van der Waals surface area contributed by atoms with Crippen molar-refractivity contribution in [1.29, 1.82) is 0 Å². The molecule has 0 saturated heterocycles. The summed E-state index contributed by atoms with van der Waals surface area (Å²) in [5.74, 6) is 1.05. The number of para-hydroxylation sites is 2. The molecule has 0 aliphatic heterocycles. The van der Waals surface area contributed by atoms with Crippen molar-refractivity contribution >= 4 is 61.7 Å². The van der Waals surface area contributed by atoms with E-state index in [-0.39, 0.29) is 66.0 Å². The molecule has 3 heterocycles. The molecule has 444 valence electrons. The van der Waals surface area contributed by atoms with Crippen molar-refractivity contribution in [2.75, 3.05) is 0 Å².